The minimum atomic E-state index is -0.804. The Labute approximate surface area is 167 Å². The van der Waals surface area contributed by atoms with E-state index in [-0.39, 0.29) is 23.6 Å². The summed E-state index contributed by atoms with van der Waals surface area (Å²) >= 11 is 0. The molecule has 3 aromatic rings. The normalized spacial score (nSPS) is 18.4. The molecule has 4 rings (SSSR count). The first-order valence-electron chi connectivity index (χ1n) is 9.12. The quantitative estimate of drug-likeness (QED) is 0.401. The lowest BCUT2D eigenvalue weighted by atomic mass is 9.95. The summed E-state index contributed by atoms with van der Waals surface area (Å²) in [5, 5.41) is 20.6. The molecule has 1 saturated heterocycles. The van der Waals surface area contributed by atoms with E-state index in [0.717, 1.165) is 5.56 Å². The molecular weight excluding hydrogens is 370 g/mol. The Morgan fingerprint density at radius 3 is 2.34 bits per heavy atom. The van der Waals surface area contributed by atoms with Gasteiger partial charge in [-0.3, -0.25) is 9.59 Å². The molecule has 29 heavy (non-hydrogen) atoms. The first kappa shape index (κ1) is 18.6. The third-order valence-electron chi connectivity index (χ3n) is 4.98. The van der Waals surface area contributed by atoms with Crippen LogP contribution in [0.2, 0.25) is 0 Å². The van der Waals surface area contributed by atoms with Crippen LogP contribution in [0.3, 0.4) is 0 Å². The molecule has 1 aliphatic heterocycles. The lowest BCUT2D eigenvalue weighted by molar-refractivity contribution is -0.140. The summed E-state index contributed by atoms with van der Waals surface area (Å²) in [4.78, 5) is 27.1. The maximum atomic E-state index is 12.9. The third kappa shape index (κ3) is 3.40. The topological polar surface area (TPSA) is 91.0 Å². The summed E-state index contributed by atoms with van der Waals surface area (Å²) in [6.45, 7) is 2.00. The molecule has 146 valence electrons. The molecule has 1 amide bonds. The average Bonchev–Trinajstić information content (AvgIpc) is 3.31. The van der Waals surface area contributed by atoms with E-state index in [4.69, 9.17) is 4.42 Å². The molecule has 1 fully saturated rings. The highest BCUT2D eigenvalue weighted by atomic mass is 16.3. The average molecular weight is 389 g/mol. The maximum Gasteiger partial charge on any atom is 0.296 e. The van der Waals surface area contributed by atoms with Crippen molar-refractivity contribution in [3.05, 3.63) is 95.0 Å². The molecule has 0 spiro atoms. The molecule has 2 aromatic carbocycles. The fourth-order valence-electron chi connectivity index (χ4n) is 3.48. The molecule has 1 aromatic heterocycles. The number of aryl methyl sites for hydroxylation is 1. The Morgan fingerprint density at radius 2 is 1.72 bits per heavy atom. The van der Waals surface area contributed by atoms with Crippen molar-refractivity contribution in [1.29, 1.82) is 0 Å². The number of aliphatic hydroxyl groups is 1. The van der Waals surface area contributed by atoms with Crippen molar-refractivity contribution >= 4 is 17.4 Å². The maximum absolute atomic E-state index is 12.9. The zero-order valence-electron chi connectivity index (χ0n) is 15.7. The number of aromatic hydroxyl groups is 1. The zero-order chi connectivity index (χ0) is 20.5. The molecule has 0 saturated carbocycles. The summed E-state index contributed by atoms with van der Waals surface area (Å²) in [5.74, 6) is -1.12. The van der Waals surface area contributed by atoms with Crippen LogP contribution in [0.15, 0.2) is 76.9 Å². The number of hydrogen-bond donors (Lipinski definition) is 2. The molecule has 6 nitrogen and oxygen atoms in total. The van der Waals surface area contributed by atoms with Crippen LogP contribution in [0.25, 0.3) is 5.76 Å². The van der Waals surface area contributed by atoms with E-state index in [1.807, 2.05) is 19.1 Å². The highest BCUT2D eigenvalue weighted by Gasteiger charge is 2.46. The number of amides is 1. The van der Waals surface area contributed by atoms with E-state index in [2.05, 4.69) is 0 Å². The van der Waals surface area contributed by atoms with Gasteiger partial charge < -0.3 is 19.5 Å². The van der Waals surface area contributed by atoms with E-state index in [1.54, 1.807) is 36.4 Å². The van der Waals surface area contributed by atoms with Crippen LogP contribution in [0.1, 0.15) is 28.5 Å². The summed E-state index contributed by atoms with van der Waals surface area (Å²) in [6.07, 6.45) is 1.49. The van der Waals surface area contributed by atoms with Gasteiger partial charge in [0.05, 0.1) is 24.4 Å². The van der Waals surface area contributed by atoms with E-state index in [0.29, 0.717) is 16.9 Å². The monoisotopic (exact) mass is 389 g/mol. The number of aliphatic hydroxyl groups excluding tert-OH is 1. The summed E-state index contributed by atoms with van der Waals surface area (Å²) in [6, 6.07) is 15.9. The first-order chi connectivity index (χ1) is 14.0. The molecule has 2 N–H and O–H groups in total. The second-order valence-corrected chi connectivity index (χ2v) is 6.96. The summed E-state index contributed by atoms with van der Waals surface area (Å²) in [5.41, 5.74) is 2.07. The second-order valence-electron chi connectivity index (χ2n) is 6.96. The van der Waals surface area contributed by atoms with Gasteiger partial charge in [-0.25, -0.2) is 0 Å². The lowest BCUT2D eigenvalue weighted by Gasteiger charge is -2.24. The largest absolute Gasteiger partial charge is 0.508 e. The van der Waals surface area contributed by atoms with Gasteiger partial charge in [0.15, 0.2) is 0 Å². The Bertz CT molecular complexity index is 1080. The second kappa shape index (κ2) is 7.31. The molecule has 0 radical (unpaired) electrons. The summed E-state index contributed by atoms with van der Waals surface area (Å²) in [7, 11) is 0. The van der Waals surface area contributed by atoms with E-state index >= 15 is 0 Å². The van der Waals surface area contributed by atoms with E-state index < -0.39 is 17.7 Å². The molecule has 0 bridgehead atoms. The van der Waals surface area contributed by atoms with Gasteiger partial charge in [0.1, 0.15) is 17.3 Å². The number of likely N-dealkylation sites (tertiary alicyclic amines) is 1. The Hall–Kier alpha value is -3.80. The van der Waals surface area contributed by atoms with Crippen LogP contribution in [-0.2, 0) is 16.1 Å². The minimum Gasteiger partial charge on any atom is -0.508 e. The molecule has 1 atom stereocenters. The number of phenols is 1. The highest BCUT2D eigenvalue weighted by Crippen LogP contribution is 2.40. The van der Waals surface area contributed by atoms with Gasteiger partial charge >= 0.3 is 0 Å². The number of phenolic OH excluding ortho intramolecular Hbond substituents is 1. The lowest BCUT2D eigenvalue weighted by Crippen LogP contribution is -2.29. The van der Waals surface area contributed by atoms with Crippen molar-refractivity contribution in [3.63, 3.8) is 0 Å². The van der Waals surface area contributed by atoms with Crippen molar-refractivity contribution in [2.45, 2.75) is 19.5 Å². The van der Waals surface area contributed by atoms with Gasteiger partial charge in [-0.15, -0.1) is 0 Å². The summed E-state index contributed by atoms with van der Waals surface area (Å²) < 4.78 is 5.35. The Morgan fingerprint density at radius 1 is 1.03 bits per heavy atom. The number of Topliss-reactive ketones (excluding diaryl/α,β-unsaturated/α-hetero) is 1. The van der Waals surface area contributed by atoms with Gasteiger partial charge in [0.25, 0.3) is 11.7 Å². The fraction of sp³-hybridized carbons (Fsp3) is 0.130. The van der Waals surface area contributed by atoms with Gasteiger partial charge in [-0.05, 0) is 36.8 Å². The van der Waals surface area contributed by atoms with E-state index in [1.165, 1.54) is 23.3 Å². The highest BCUT2D eigenvalue weighted by molar-refractivity contribution is 6.46. The number of benzene rings is 2. The number of rotatable bonds is 4. The van der Waals surface area contributed by atoms with Crippen LogP contribution >= 0.6 is 0 Å². The Kier molecular flexibility index (Phi) is 4.68. The van der Waals surface area contributed by atoms with Gasteiger partial charge in [0, 0.05) is 5.56 Å². The van der Waals surface area contributed by atoms with Crippen LogP contribution in [-0.4, -0.2) is 26.8 Å². The van der Waals surface area contributed by atoms with Gasteiger partial charge in [-0.1, -0.05) is 42.0 Å². The van der Waals surface area contributed by atoms with Crippen LogP contribution in [0, 0.1) is 6.92 Å². The molecule has 1 aliphatic rings. The molecule has 0 aliphatic carbocycles. The van der Waals surface area contributed by atoms with Crippen molar-refractivity contribution in [1.82, 2.24) is 4.90 Å². The first-order valence-corrected chi connectivity index (χ1v) is 9.12. The molecule has 2 heterocycles. The van der Waals surface area contributed by atoms with Crippen LogP contribution in [0.4, 0.5) is 0 Å². The number of carbonyl (C=O) groups excluding carboxylic acids is 2. The van der Waals surface area contributed by atoms with Gasteiger partial charge in [0.2, 0.25) is 0 Å². The number of furan rings is 1. The zero-order valence-corrected chi connectivity index (χ0v) is 15.7. The molecular formula is C23H19NO5. The van der Waals surface area contributed by atoms with Crippen molar-refractivity contribution in [2.24, 2.45) is 0 Å². The SMILES string of the molecule is Cc1ccc(/C(O)=C2\C(=O)C(=O)N(Cc3ccco3)[C@@H]2c2ccc(O)cc2)cc1. The number of hydrogen-bond acceptors (Lipinski definition) is 5. The van der Waals surface area contributed by atoms with Crippen molar-refractivity contribution in [2.75, 3.05) is 0 Å². The molecule has 6 heteroatoms. The van der Waals surface area contributed by atoms with Crippen molar-refractivity contribution in [3.8, 4) is 5.75 Å². The third-order valence-corrected chi connectivity index (χ3v) is 4.98. The minimum absolute atomic E-state index is 0.0103. The predicted molar refractivity (Wildman–Crippen MR) is 106 cm³/mol. The van der Waals surface area contributed by atoms with Crippen molar-refractivity contribution < 1.29 is 24.2 Å². The van der Waals surface area contributed by atoms with Gasteiger partial charge in [-0.2, -0.15) is 0 Å². The Balaban J connectivity index is 1.86. The molecule has 0 unspecified atom stereocenters. The number of carbonyl (C=O) groups is 2. The fourth-order valence-corrected chi connectivity index (χ4v) is 3.48. The van der Waals surface area contributed by atoms with E-state index in [9.17, 15) is 19.8 Å². The standard InChI is InChI=1S/C23H19NO5/c1-14-4-6-16(7-5-14)21(26)19-20(15-8-10-17(25)11-9-15)24(23(28)22(19)27)13-18-3-2-12-29-18/h2-12,20,25-26H,13H2,1H3/b21-19+/t20-/m1/s1. The van der Waals surface area contributed by atoms with Crippen LogP contribution in [0.5, 0.6) is 5.75 Å². The predicted octanol–water partition coefficient (Wildman–Crippen LogP) is 3.92. The van der Waals surface area contributed by atoms with Crippen LogP contribution < -0.4 is 0 Å². The number of ketones is 1. The smallest absolute Gasteiger partial charge is 0.296 e. The number of nitrogens with zero attached hydrogens (tertiary/aromatic N) is 1.